The maximum Gasteiger partial charge on any atom is 0.270 e. The van der Waals surface area contributed by atoms with Crippen LogP contribution in [0.5, 0.6) is 0 Å². The van der Waals surface area contributed by atoms with Crippen molar-refractivity contribution in [3.8, 4) is 0 Å². The molecular weight excluding hydrogens is 360 g/mol. The molecule has 8 nitrogen and oxygen atoms in total. The van der Waals surface area contributed by atoms with Gasteiger partial charge in [0.1, 0.15) is 0 Å². The van der Waals surface area contributed by atoms with Gasteiger partial charge in [-0.05, 0) is 31.7 Å². The number of nitro benzene ring substituents is 1. The third kappa shape index (κ3) is 3.86. The molecule has 140 valence electrons. The standard InChI is InChI=1S/C17H20N4O4.ClH/c1-10(18)11-4-6-20(7-5-11)17(23)14-9-16(22)19-15-3-2-12(21(24)25)8-13(14)15;/h2-3,8-11H,4-7,18H2,1H3,(H,19,22);1H. The highest BCUT2D eigenvalue weighted by atomic mass is 35.5. The number of carbonyl (C=O) groups excluding carboxylic acids is 1. The predicted molar refractivity (Wildman–Crippen MR) is 101 cm³/mol. The number of nitrogens with two attached hydrogens (primary N) is 1. The molecule has 0 radical (unpaired) electrons. The average molecular weight is 381 g/mol. The lowest BCUT2D eigenvalue weighted by Gasteiger charge is -2.33. The Labute approximate surface area is 155 Å². The number of aromatic nitrogens is 1. The van der Waals surface area contributed by atoms with Gasteiger partial charge in [-0.2, -0.15) is 0 Å². The Kier molecular flexibility index (Phi) is 5.99. The first kappa shape index (κ1) is 19.9. The molecule has 3 rings (SSSR count). The Balaban J connectivity index is 0.00000243. The Morgan fingerprint density at radius 2 is 2.00 bits per heavy atom. The minimum absolute atomic E-state index is 0. The molecule has 0 spiro atoms. The molecule has 1 fully saturated rings. The largest absolute Gasteiger partial charge is 0.339 e. The fourth-order valence-electron chi connectivity index (χ4n) is 3.33. The molecule has 0 saturated carbocycles. The van der Waals surface area contributed by atoms with E-state index in [4.69, 9.17) is 5.73 Å². The summed E-state index contributed by atoms with van der Waals surface area (Å²) < 4.78 is 0. The maximum atomic E-state index is 12.9. The summed E-state index contributed by atoms with van der Waals surface area (Å²) in [5.74, 6) is 0.0979. The van der Waals surface area contributed by atoms with Gasteiger partial charge >= 0.3 is 0 Å². The number of hydrogen-bond acceptors (Lipinski definition) is 5. The molecule has 1 saturated heterocycles. The van der Waals surface area contributed by atoms with E-state index in [9.17, 15) is 19.7 Å². The summed E-state index contributed by atoms with van der Waals surface area (Å²) >= 11 is 0. The Bertz CT molecular complexity index is 888. The van der Waals surface area contributed by atoms with Crippen molar-refractivity contribution in [3.63, 3.8) is 0 Å². The molecule has 1 aromatic heterocycles. The summed E-state index contributed by atoms with van der Waals surface area (Å²) in [6, 6.07) is 5.38. The van der Waals surface area contributed by atoms with Crippen LogP contribution in [0.2, 0.25) is 0 Å². The second-order valence-electron chi connectivity index (χ2n) is 6.52. The van der Waals surface area contributed by atoms with Crippen LogP contribution in [0.25, 0.3) is 10.9 Å². The summed E-state index contributed by atoms with van der Waals surface area (Å²) in [6.45, 7) is 3.09. The van der Waals surface area contributed by atoms with E-state index < -0.39 is 10.5 Å². The van der Waals surface area contributed by atoms with Gasteiger partial charge in [-0.15, -0.1) is 12.4 Å². The number of H-pyrrole nitrogens is 1. The van der Waals surface area contributed by atoms with Gasteiger partial charge in [0.2, 0.25) is 5.56 Å². The third-order valence-corrected chi connectivity index (χ3v) is 4.84. The number of fused-ring (bicyclic) bond motifs is 1. The Morgan fingerprint density at radius 3 is 2.58 bits per heavy atom. The molecule has 1 aromatic carbocycles. The van der Waals surface area contributed by atoms with Gasteiger partial charge in [0, 0.05) is 48.2 Å². The van der Waals surface area contributed by atoms with Crippen LogP contribution in [-0.4, -0.2) is 39.8 Å². The van der Waals surface area contributed by atoms with Gasteiger partial charge in [-0.25, -0.2) is 0 Å². The number of likely N-dealkylation sites (tertiary alicyclic amines) is 1. The summed E-state index contributed by atoms with van der Waals surface area (Å²) in [7, 11) is 0. The number of benzene rings is 1. The summed E-state index contributed by atoms with van der Waals surface area (Å²) in [5, 5.41) is 11.4. The van der Waals surface area contributed by atoms with E-state index >= 15 is 0 Å². The topological polar surface area (TPSA) is 122 Å². The zero-order chi connectivity index (χ0) is 18.1. The predicted octanol–water partition coefficient (Wildman–Crippen LogP) is 2.06. The van der Waals surface area contributed by atoms with E-state index in [0.717, 1.165) is 12.8 Å². The summed E-state index contributed by atoms with van der Waals surface area (Å²) in [6.07, 6.45) is 1.62. The molecule has 1 aliphatic rings. The van der Waals surface area contributed by atoms with Crippen LogP contribution < -0.4 is 11.3 Å². The van der Waals surface area contributed by atoms with Crippen LogP contribution in [0, 0.1) is 16.0 Å². The quantitative estimate of drug-likeness (QED) is 0.623. The fourth-order valence-corrected chi connectivity index (χ4v) is 3.33. The van der Waals surface area contributed by atoms with E-state index in [0.29, 0.717) is 29.9 Å². The number of halogens is 1. The second kappa shape index (κ2) is 7.84. The molecule has 1 aliphatic heterocycles. The Morgan fingerprint density at radius 1 is 1.35 bits per heavy atom. The zero-order valence-corrected chi connectivity index (χ0v) is 15.1. The zero-order valence-electron chi connectivity index (χ0n) is 14.3. The van der Waals surface area contributed by atoms with E-state index in [1.807, 2.05) is 6.92 Å². The van der Waals surface area contributed by atoms with Crippen LogP contribution in [0.1, 0.15) is 30.1 Å². The van der Waals surface area contributed by atoms with Crippen LogP contribution >= 0.6 is 12.4 Å². The van der Waals surface area contributed by atoms with Crippen molar-refractivity contribution in [2.24, 2.45) is 11.7 Å². The first-order chi connectivity index (χ1) is 11.9. The molecular formula is C17H21ClN4O4. The molecule has 3 N–H and O–H groups in total. The number of non-ortho nitro benzene ring substituents is 1. The number of hydrogen-bond donors (Lipinski definition) is 2. The van der Waals surface area contributed by atoms with Gasteiger partial charge in [0.05, 0.1) is 10.5 Å². The van der Waals surface area contributed by atoms with Crippen LogP contribution in [0.15, 0.2) is 29.1 Å². The Hall–Kier alpha value is -2.45. The molecule has 1 atom stereocenters. The van der Waals surface area contributed by atoms with E-state index in [2.05, 4.69) is 4.98 Å². The first-order valence-electron chi connectivity index (χ1n) is 8.23. The van der Waals surface area contributed by atoms with Crippen molar-refractivity contribution < 1.29 is 9.72 Å². The number of nitro groups is 1. The minimum atomic E-state index is -0.521. The lowest BCUT2D eigenvalue weighted by Crippen LogP contribution is -2.42. The number of rotatable bonds is 3. The van der Waals surface area contributed by atoms with E-state index in [1.54, 1.807) is 4.90 Å². The highest BCUT2D eigenvalue weighted by Gasteiger charge is 2.27. The second-order valence-corrected chi connectivity index (χ2v) is 6.52. The maximum absolute atomic E-state index is 12.9. The highest BCUT2D eigenvalue weighted by molar-refractivity contribution is 6.06. The lowest BCUT2D eigenvalue weighted by molar-refractivity contribution is -0.384. The summed E-state index contributed by atoms with van der Waals surface area (Å²) in [4.78, 5) is 39.6. The monoisotopic (exact) mass is 380 g/mol. The molecule has 2 heterocycles. The number of amides is 1. The van der Waals surface area contributed by atoms with Crippen molar-refractivity contribution in [1.29, 1.82) is 0 Å². The van der Waals surface area contributed by atoms with Crippen molar-refractivity contribution in [1.82, 2.24) is 9.88 Å². The molecule has 9 heteroatoms. The molecule has 1 amide bonds. The normalized spacial score (nSPS) is 16.2. The van der Waals surface area contributed by atoms with Gasteiger partial charge in [0.25, 0.3) is 11.6 Å². The highest BCUT2D eigenvalue weighted by Crippen LogP contribution is 2.25. The van der Waals surface area contributed by atoms with Gasteiger partial charge in [-0.3, -0.25) is 19.7 Å². The van der Waals surface area contributed by atoms with E-state index in [-0.39, 0.29) is 35.6 Å². The average Bonchev–Trinajstić information content (AvgIpc) is 2.60. The third-order valence-electron chi connectivity index (χ3n) is 4.84. The molecule has 26 heavy (non-hydrogen) atoms. The molecule has 1 unspecified atom stereocenters. The smallest absolute Gasteiger partial charge is 0.270 e. The van der Waals surface area contributed by atoms with Crippen molar-refractivity contribution >= 4 is 34.9 Å². The summed E-state index contributed by atoms with van der Waals surface area (Å²) in [5.41, 5.74) is 6.00. The number of nitrogens with one attached hydrogen (secondary N) is 1. The van der Waals surface area contributed by atoms with Gasteiger partial charge in [-0.1, -0.05) is 0 Å². The van der Waals surface area contributed by atoms with Crippen molar-refractivity contribution in [2.45, 2.75) is 25.8 Å². The molecule has 2 aromatic rings. The van der Waals surface area contributed by atoms with Crippen molar-refractivity contribution in [2.75, 3.05) is 13.1 Å². The number of piperidine rings is 1. The van der Waals surface area contributed by atoms with Gasteiger partial charge < -0.3 is 15.6 Å². The van der Waals surface area contributed by atoms with E-state index in [1.165, 1.54) is 24.3 Å². The van der Waals surface area contributed by atoms with Crippen LogP contribution in [-0.2, 0) is 0 Å². The van der Waals surface area contributed by atoms with Crippen LogP contribution in [0.4, 0.5) is 5.69 Å². The first-order valence-corrected chi connectivity index (χ1v) is 8.23. The molecule has 0 aliphatic carbocycles. The minimum Gasteiger partial charge on any atom is -0.339 e. The SMILES string of the molecule is CC(N)C1CCN(C(=O)c2cc(=O)[nH]c3ccc([N+](=O)[O-])cc23)CC1.Cl. The van der Waals surface area contributed by atoms with Crippen molar-refractivity contribution in [3.05, 3.63) is 50.3 Å². The molecule has 0 bridgehead atoms. The van der Waals surface area contributed by atoms with Crippen LogP contribution in [0.3, 0.4) is 0 Å². The van der Waals surface area contributed by atoms with Gasteiger partial charge in [0.15, 0.2) is 0 Å². The lowest BCUT2D eigenvalue weighted by atomic mass is 9.90. The number of pyridine rings is 1. The number of aromatic amines is 1. The number of nitrogens with zero attached hydrogens (tertiary/aromatic N) is 2. The number of carbonyl (C=O) groups is 1. The fraction of sp³-hybridized carbons (Fsp3) is 0.412.